The number of hydrogen-bond acceptors (Lipinski definition) is 3. The molecule has 1 heterocycles. The van der Waals surface area contributed by atoms with E-state index in [9.17, 15) is 4.79 Å². The zero-order chi connectivity index (χ0) is 15.9. The zero-order valence-electron chi connectivity index (χ0n) is 13.9. The molecular formula is C19H25ClN2O2. The number of rotatable bonds is 4. The molecule has 0 unspecified atom stereocenters. The van der Waals surface area contributed by atoms with Crippen LogP contribution in [0.2, 0.25) is 0 Å². The number of carbonyl (C=O) groups is 1. The monoisotopic (exact) mass is 348 g/mol. The van der Waals surface area contributed by atoms with Crippen LogP contribution in [0.15, 0.2) is 22.8 Å². The first-order valence-corrected chi connectivity index (χ1v) is 8.72. The highest BCUT2D eigenvalue weighted by Gasteiger charge is 2.33. The molecule has 0 saturated heterocycles. The average molecular weight is 349 g/mol. The predicted octanol–water partition coefficient (Wildman–Crippen LogP) is 3.27. The molecule has 2 aliphatic rings. The summed E-state index contributed by atoms with van der Waals surface area (Å²) in [4.78, 5) is 12.5. The van der Waals surface area contributed by atoms with E-state index in [0.717, 1.165) is 55.1 Å². The fourth-order valence-corrected chi connectivity index (χ4v) is 4.23. The third kappa shape index (κ3) is 3.05. The molecule has 0 radical (unpaired) electrons. The summed E-state index contributed by atoms with van der Waals surface area (Å²) in [5.74, 6) is 0.0561. The Morgan fingerprint density at radius 1 is 1.17 bits per heavy atom. The van der Waals surface area contributed by atoms with E-state index in [4.69, 9.17) is 10.2 Å². The van der Waals surface area contributed by atoms with Crippen molar-refractivity contribution in [1.29, 1.82) is 0 Å². The van der Waals surface area contributed by atoms with Gasteiger partial charge in [0.1, 0.15) is 5.58 Å². The second kappa shape index (κ2) is 6.77. The first kappa shape index (κ1) is 17.3. The maximum atomic E-state index is 12.5. The Bertz CT molecular complexity index is 747. The SMILES string of the molecule is Cl.NCC1(NC(=O)Cc2coc3cc4c(cc23)CCC4)CCCC1. The molecule has 2 aliphatic carbocycles. The van der Waals surface area contributed by atoms with Gasteiger partial charge in [0.2, 0.25) is 5.91 Å². The minimum Gasteiger partial charge on any atom is -0.464 e. The largest absolute Gasteiger partial charge is 0.464 e. The number of furan rings is 1. The van der Waals surface area contributed by atoms with Gasteiger partial charge in [0, 0.05) is 17.5 Å². The van der Waals surface area contributed by atoms with Crippen molar-refractivity contribution in [1.82, 2.24) is 5.32 Å². The second-order valence-electron chi connectivity index (χ2n) is 7.15. The third-order valence-corrected chi connectivity index (χ3v) is 5.58. The number of carbonyl (C=O) groups excluding carboxylic acids is 1. The van der Waals surface area contributed by atoms with Crippen LogP contribution >= 0.6 is 12.4 Å². The summed E-state index contributed by atoms with van der Waals surface area (Å²) in [5.41, 5.74) is 10.4. The smallest absolute Gasteiger partial charge is 0.225 e. The molecule has 1 saturated carbocycles. The van der Waals surface area contributed by atoms with Gasteiger partial charge in [-0.15, -0.1) is 12.4 Å². The second-order valence-corrected chi connectivity index (χ2v) is 7.15. The van der Waals surface area contributed by atoms with Crippen LogP contribution in [0.1, 0.15) is 48.8 Å². The lowest BCUT2D eigenvalue weighted by Gasteiger charge is -2.28. The maximum Gasteiger partial charge on any atom is 0.225 e. The molecule has 130 valence electrons. The Hall–Kier alpha value is -1.52. The lowest BCUT2D eigenvalue weighted by molar-refractivity contribution is -0.122. The number of hydrogen-bond donors (Lipinski definition) is 2. The molecular weight excluding hydrogens is 324 g/mol. The van der Waals surface area contributed by atoms with Crippen LogP contribution in [0.25, 0.3) is 11.0 Å². The minimum atomic E-state index is -0.183. The fourth-order valence-electron chi connectivity index (χ4n) is 4.23. The van der Waals surface area contributed by atoms with Crippen molar-refractivity contribution >= 4 is 29.3 Å². The lowest BCUT2D eigenvalue weighted by Crippen LogP contribution is -2.52. The summed E-state index contributed by atoms with van der Waals surface area (Å²) in [6.07, 6.45) is 9.90. The van der Waals surface area contributed by atoms with E-state index in [1.807, 2.05) is 0 Å². The highest BCUT2D eigenvalue weighted by atomic mass is 35.5. The molecule has 0 atom stereocenters. The van der Waals surface area contributed by atoms with Gasteiger partial charge in [-0.05, 0) is 55.4 Å². The summed E-state index contributed by atoms with van der Waals surface area (Å²) < 4.78 is 5.69. The number of benzene rings is 1. The van der Waals surface area contributed by atoms with Crippen LogP contribution in [0.3, 0.4) is 0 Å². The number of fused-ring (bicyclic) bond motifs is 2. The molecule has 1 aromatic heterocycles. The van der Waals surface area contributed by atoms with E-state index >= 15 is 0 Å². The summed E-state index contributed by atoms with van der Waals surface area (Å²) in [6, 6.07) is 4.37. The Labute approximate surface area is 148 Å². The molecule has 5 heteroatoms. The molecule has 1 fully saturated rings. The molecule has 4 rings (SSSR count). The number of amides is 1. The van der Waals surface area contributed by atoms with Gasteiger partial charge >= 0.3 is 0 Å². The first-order valence-electron chi connectivity index (χ1n) is 8.72. The van der Waals surface area contributed by atoms with Gasteiger partial charge in [-0.3, -0.25) is 4.79 Å². The van der Waals surface area contributed by atoms with Crippen molar-refractivity contribution < 1.29 is 9.21 Å². The van der Waals surface area contributed by atoms with Crippen LogP contribution in [-0.4, -0.2) is 18.0 Å². The Kier molecular flexibility index (Phi) is 4.88. The van der Waals surface area contributed by atoms with Crippen LogP contribution in [0.5, 0.6) is 0 Å². The van der Waals surface area contributed by atoms with Crippen LogP contribution in [-0.2, 0) is 24.1 Å². The topological polar surface area (TPSA) is 68.3 Å². The molecule has 0 bridgehead atoms. The molecule has 3 N–H and O–H groups in total. The Morgan fingerprint density at radius 3 is 2.58 bits per heavy atom. The van der Waals surface area contributed by atoms with E-state index < -0.39 is 0 Å². The molecule has 1 aromatic carbocycles. The Morgan fingerprint density at radius 2 is 1.88 bits per heavy atom. The van der Waals surface area contributed by atoms with Crippen molar-refractivity contribution in [3.05, 3.63) is 35.1 Å². The predicted molar refractivity (Wildman–Crippen MR) is 97.6 cm³/mol. The highest BCUT2D eigenvalue weighted by Crippen LogP contribution is 2.31. The minimum absolute atomic E-state index is 0. The van der Waals surface area contributed by atoms with Crippen LogP contribution < -0.4 is 11.1 Å². The normalized spacial score (nSPS) is 18.4. The van der Waals surface area contributed by atoms with E-state index in [1.54, 1.807) is 6.26 Å². The lowest BCUT2D eigenvalue weighted by atomic mass is 9.97. The van der Waals surface area contributed by atoms with Crippen LogP contribution in [0.4, 0.5) is 0 Å². The maximum absolute atomic E-state index is 12.5. The summed E-state index contributed by atoms with van der Waals surface area (Å²) in [5, 5.41) is 4.28. The van der Waals surface area contributed by atoms with Gasteiger partial charge in [-0.25, -0.2) is 0 Å². The van der Waals surface area contributed by atoms with E-state index in [1.165, 1.54) is 17.5 Å². The average Bonchev–Trinajstić information content (AvgIpc) is 3.26. The van der Waals surface area contributed by atoms with Gasteiger partial charge in [-0.2, -0.15) is 0 Å². The van der Waals surface area contributed by atoms with E-state index in [2.05, 4.69) is 17.4 Å². The molecule has 2 aromatic rings. The van der Waals surface area contributed by atoms with Gasteiger partial charge in [0.15, 0.2) is 0 Å². The number of halogens is 1. The summed E-state index contributed by atoms with van der Waals surface area (Å²) in [7, 11) is 0. The molecule has 1 amide bonds. The van der Waals surface area contributed by atoms with E-state index in [0.29, 0.717) is 13.0 Å². The highest BCUT2D eigenvalue weighted by molar-refractivity contribution is 5.89. The molecule has 0 spiro atoms. The van der Waals surface area contributed by atoms with Gasteiger partial charge in [0.05, 0.1) is 18.2 Å². The Balaban J connectivity index is 0.00000169. The standard InChI is InChI=1S/C19H24N2O2.ClH/c20-12-19(6-1-2-7-19)21-18(22)10-15-11-23-17-9-14-5-3-4-13(14)8-16(15)17;/h8-9,11H,1-7,10,12,20H2,(H,21,22);1H. The summed E-state index contributed by atoms with van der Waals surface area (Å²) in [6.45, 7) is 0.526. The quantitative estimate of drug-likeness (QED) is 0.891. The number of aryl methyl sites for hydroxylation is 2. The fraction of sp³-hybridized carbons (Fsp3) is 0.526. The van der Waals surface area contributed by atoms with Crippen molar-refractivity contribution in [3.8, 4) is 0 Å². The first-order chi connectivity index (χ1) is 11.2. The van der Waals surface area contributed by atoms with Crippen LogP contribution in [0, 0.1) is 0 Å². The van der Waals surface area contributed by atoms with Gasteiger partial charge in [0.25, 0.3) is 0 Å². The number of nitrogens with two attached hydrogens (primary N) is 1. The van der Waals surface area contributed by atoms with E-state index in [-0.39, 0.29) is 23.9 Å². The van der Waals surface area contributed by atoms with Crippen molar-refractivity contribution in [3.63, 3.8) is 0 Å². The van der Waals surface area contributed by atoms with Crippen molar-refractivity contribution in [2.45, 2.75) is 56.9 Å². The van der Waals surface area contributed by atoms with Gasteiger partial charge < -0.3 is 15.5 Å². The summed E-state index contributed by atoms with van der Waals surface area (Å²) >= 11 is 0. The molecule has 4 nitrogen and oxygen atoms in total. The van der Waals surface area contributed by atoms with Crippen molar-refractivity contribution in [2.24, 2.45) is 5.73 Å². The van der Waals surface area contributed by atoms with Crippen molar-refractivity contribution in [2.75, 3.05) is 6.54 Å². The zero-order valence-corrected chi connectivity index (χ0v) is 14.7. The molecule has 24 heavy (non-hydrogen) atoms. The molecule has 0 aliphatic heterocycles. The third-order valence-electron chi connectivity index (χ3n) is 5.58. The number of nitrogens with one attached hydrogen (secondary N) is 1. The van der Waals surface area contributed by atoms with Gasteiger partial charge in [-0.1, -0.05) is 12.8 Å².